The molecule has 1 aromatic carbocycles. The van der Waals surface area contributed by atoms with Crippen LogP contribution < -0.4 is 10.6 Å². The van der Waals surface area contributed by atoms with Crippen LogP contribution in [-0.4, -0.2) is 50.1 Å². The van der Waals surface area contributed by atoms with E-state index in [1.165, 1.54) is 11.6 Å². The summed E-state index contributed by atoms with van der Waals surface area (Å²) >= 11 is 0. The fraction of sp³-hybridized carbons (Fsp3) is 0.571. The van der Waals surface area contributed by atoms with Gasteiger partial charge in [0.25, 0.3) is 0 Å². The van der Waals surface area contributed by atoms with E-state index in [-0.39, 0.29) is 11.2 Å². The largest absolute Gasteiger partial charge is 0.356 e. The maximum absolute atomic E-state index is 13.5. The van der Waals surface area contributed by atoms with Crippen molar-refractivity contribution in [2.24, 2.45) is 4.99 Å². The van der Waals surface area contributed by atoms with Crippen molar-refractivity contribution < 1.29 is 4.39 Å². The molecule has 1 aromatic rings. The van der Waals surface area contributed by atoms with E-state index in [1.807, 2.05) is 13.1 Å². The third kappa shape index (κ3) is 4.85. The smallest absolute Gasteiger partial charge is 0.191 e. The third-order valence-corrected chi connectivity index (χ3v) is 5.53. The van der Waals surface area contributed by atoms with Crippen LogP contribution in [0.15, 0.2) is 41.4 Å². The van der Waals surface area contributed by atoms with Crippen LogP contribution >= 0.6 is 0 Å². The molecule has 0 amide bonds. The van der Waals surface area contributed by atoms with Crippen LogP contribution in [0.4, 0.5) is 4.39 Å². The first kappa shape index (κ1) is 18.9. The monoisotopic (exact) mass is 358 g/mol. The van der Waals surface area contributed by atoms with Gasteiger partial charge in [-0.1, -0.05) is 24.3 Å². The van der Waals surface area contributed by atoms with Gasteiger partial charge >= 0.3 is 0 Å². The third-order valence-electron chi connectivity index (χ3n) is 5.53. The number of hydrogen-bond acceptors (Lipinski definition) is 2. The number of piperidine rings is 1. The molecule has 0 atom stereocenters. The molecular formula is C21H31FN4. The van der Waals surface area contributed by atoms with Crippen molar-refractivity contribution in [1.29, 1.82) is 0 Å². The standard InChI is InChI=1S/C21H31FN4/c1-16(2)14-26-11-7-19(8-12-26)25-20(23-3)24-15-21(9-10-21)17-5-4-6-18(22)13-17/h4-6,13,19H,1,7-12,14-15H2,2-3H3,(H2,23,24,25). The molecule has 26 heavy (non-hydrogen) atoms. The predicted octanol–water partition coefficient (Wildman–Crippen LogP) is 3.06. The Morgan fingerprint density at radius 3 is 2.65 bits per heavy atom. The zero-order valence-electron chi connectivity index (χ0n) is 16.0. The van der Waals surface area contributed by atoms with Crippen molar-refractivity contribution in [3.63, 3.8) is 0 Å². The second-order valence-electron chi connectivity index (χ2n) is 7.87. The molecule has 2 fully saturated rings. The Balaban J connectivity index is 1.48. The molecule has 1 saturated carbocycles. The van der Waals surface area contributed by atoms with E-state index in [4.69, 9.17) is 0 Å². The average Bonchev–Trinajstić information content (AvgIpc) is 3.41. The van der Waals surface area contributed by atoms with Crippen LogP contribution in [-0.2, 0) is 5.41 Å². The Kier molecular flexibility index (Phi) is 5.97. The van der Waals surface area contributed by atoms with Crippen molar-refractivity contribution in [1.82, 2.24) is 15.5 Å². The Morgan fingerprint density at radius 1 is 1.35 bits per heavy atom. The van der Waals surface area contributed by atoms with Gasteiger partial charge in [0.15, 0.2) is 5.96 Å². The highest BCUT2D eigenvalue weighted by atomic mass is 19.1. The molecule has 5 heteroatoms. The molecule has 1 aliphatic heterocycles. The van der Waals surface area contributed by atoms with Crippen molar-refractivity contribution in [3.8, 4) is 0 Å². The predicted molar refractivity (Wildman–Crippen MR) is 106 cm³/mol. The lowest BCUT2D eigenvalue weighted by Crippen LogP contribution is -2.50. The summed E-state index contributed by atoms with van der Waals surface area (Å²) in [6.45, 7) is 10.1. The molecule has 0 bridgehead atoms. The lowest BCUT2D eigenvalue weighted by atomic mass is 9.96. The topological polar surface area (TPSA) is 39.7 Å². The molecule has 142 valence electrons. The minimum Gasteiger partial charge on any atom is -0.356 e. The molecule has 2 aliphatic rings. The lowest BCUT2D eigenvalue weighted by Gasteiger charge is -2.33. The molecule has 0 spiro atoms. The molecule has 4 nitrogen and oxygen atoms in total. The molecule has 1 aliphatic carbocycles. The number of nitrogens with zero attached hydrogens (tertiary/aromatic N) is 2. The highest BCUT2D eigenvalue weighted by molar-refractivity contribution is 5.80. The summed E-state index contributed by atoms with van der Waals surface area (Å²) in [5.41, 5.74) is 2.37. The van der Waals surface area contributed by atoms with Gasteiger partial charge in [0.2, 0.25) is 0 Å². The zero-order valence-corrected chi connectivity index (χ0v) is 16.0. The number of aliphatic imine (C=N–C) groups is 1. The van der Waals surface area contributed by atoms with Crippen LogP contribution in [0.25, 0.3) is 0 Å². The maximum Gasteiger partial charge on any atom is 0.191 e. The van der Waals surface area contributed by atoms with Gasteiger partial charge in [-0.15, -0.1) is 0 Å². The zero-order chi connectivity index (χ0) is 18.6. The fourth-order valence-corrected chi connectivity index (χ4v) is 3.79. The number of hydrogen-bond donors (Lipinski definition) is 2. The van der Waals surface area contributed by atoms with E-state index in [1.54, 1.807) is 12.1 Å². The van der Waals surface area contributed by atoms with Gasteiger partial charge in [0, 0.05) is 44.7 Å². The number of guanidine groups is 1. The second kappa shape index (κ2) is 8.21. The van der Waals surface area contributed by atoms with Gasteiger partial charge in [-0.05, 0) is 50.3 Å². The van der Waals surface area contributed by atoms with E-state index in [0.29, 0.717) is 6.04 Å². The SMILES string of the molecule is C=C(C)CN1CCC(NC(=NC)NCC2(c3cccc(F)c3)CC2)CC1. The Morgan fingerprint density at radius 2 is 2.08 bits per heavy atom. The summed E-state index contributed by atoms with van der Waals surface area (Å²) in [6, 6.07) is 7.46. The first-order valence-electron chi connectivity index (χ1n) is 9.61. The Hall–Kier alpha value is -1.88. The van der Waals surface area contributed by atoms with E-state index in [0.717, 1.165) is 63.4 Å². The van der Waals surface area contributed by atoms with Gasteiger partial charge in [0.1, 0.15) is 5.82 Å². The molecule has 0 radical (unpaired) electrons. The van der Waals surface area contributed by atoms with Crippen LogP contribution in [0.3, 0.4) is 0 Å². The first-order valence-corrected chi connectivity index (χ1v) is 9.61. The van der Waals surface area contributed by atoms with E-state index >= 15 is 0 Å². The molecule has 0 aromatic heterocycles. The van der Waals surface area contributed by atoms with Gasteiger partial charge in [-0.3, -0.25) is 9.89 Å². The summed E-state index contributed by atoms with van der Waals surface area (Å²) in [5.74, 6) is 0.698. The highest BCUT2D eigenvalue weighted by Crippen LogP contribution is 2.47. The minimum absolute atomic E-state index is 0.0601. The number of likely N-dealkylation sites (tertiary alicyclic amines) is 1. The normalized spacial score (nSPS) is 20.7. The summed E-state index contributed by atoms with van der Waals surface area (Å²) in [6.07, 6.45) is 4.42. The number of rotatable bonds is 6. The minimum atomic E-state index is -0.155. The van der Waals surface area contributed by atoms with Crippen LogP contribution in [0.5, 0.6) is 0 Å². The molecule has 3 rings (SSSR count). The fourth-order valence-electron chi connectivity index (χ4n) is 3.79. The quantitative estimate of drug-likeness (QED) is 0.466. The molecule has 1 heterocycles. The van der Waals surface area contributed by atoms with Gasteiger partial charge < -0.3 is 10.6 Å². The van der Waals surface area contributed by atoms with Gasteiger partial charge in [0.05, 0.1) is 0 Å². The molecular weight excluding hydrogens is 327 g/mol. The number of halogens is 1. The summed E-state index contributed by atoms with van der Waals surface area (Å²) in [4.78, 5) is 6.84. The molecule has 1 saturated heterocycles. The van der Waals surface area contributed by atoms with E-state index < -0.39 is 0 Å². The summed E-state index contributed by atoms with van der Waals surface area (Å²) in [7, 11) is 1.81. The number of benzene rings is 1. The van der Waals surface area contributed by atoms with Crippen LogP contribution in [0, 0.1) is 5.82 Å². The van der Waals surface area contributed by atoms with Gasteiger partial charge in [-0.25, -0.2) is 4.39 Å². The second-order valence-corrected chi connectivity index (χ2v) is 7.87. The first-order chi connectivity index (χ1) is 12.5. The maximum atomic E-state index is 13.5. The highest BCUT2D eigenvalue weighted by Gasteiger charge is 2.44. The van der Waals surface area contributed by atoms with Gasteiger partial charge in [-0.2, -0.15) is 0 Å². The van der Waals surface area contributed by atoms with Crippen molar-refractivity contribution in [3.05, 3.63) is 47.8 Å². The van der Waals surface area contributed by atoms with E-state index in [9.17, 15) is 4.39 Å². The average molecular weight is 359 g/mol. The summed E-state index contributed by atoms with van der Waals surface area (Å²) < 4.78 is 13.5. The van der Waals surface area contributed by atoms with Crippen molar-refractivity contribution >= 4 is 5.96 Å². The lowest BCUT2D eigenvalue weighted by molar-refractivity contribution is 0.221. The van der Waals surface area contributed by atoms with Crippen molar-refractivity contribution in [2.75, 3.05) is 33.2 Å². The van der Waals surface area contributed by atoms with E-state index in [2.05, 4.69) is 34.0 Å². The van der Waals surface area contributed by atoms with Crippen LogP contribution in [0.1, 0.15) is 38.2 Å². The molecule has 0 unspecified atom stereocenters. The molecule has 2 N–H and O–H groups in total. The number of nitrogens with one attached hydrogen (secondary N) is 2. The van der Waals surface area contributed by atoms with Crippen molar-refractivity contribution in [2.45, 2.75) is 44.1 Å². The Bertz CT molecular complexity index is 658. The van der Waals surface area contributed by atoms with Crippen LogP contribution in [0.2, 0.25) is 0 Å². The Labute approximate surface area is 156 Å². The summed E-state index contributed by atoms with van der Waals surface area (Å²) in [5, 5.41) is 7.03.